The summed E-state index contributed by atoms with van der Waals surface area (Å²) in [6.45, 7) is 4.23. The molecule has 8 heteroatoms. The minimum absolute atomic E-state index is 0.0595. The first kappa shape index (κ1) is 15.9. The number of sulfonamides is 1. The number of carbonyl (C=O) groups is 2. The minimum Gasteiger partial charge on any atom is -0.294 e. The highest BCUT2D eigenvalue weighted by atomic mass is 35.5. The SMILES string of the molecule is Cc1ccc(S(=O)(=O)N2CC(=O)NC(=O)C2(C)C)c(Cl)c1. The van der Waals surface area contributed by atoms with E-state index in [0.29, 0.717) is 0 Å². The Morgan fingerprint density at radius 3 is 2.48 bits per heavy atom. The summed E-state index contributed by atoms with van der Waals surface area (Å²) >= 11 is 6.01. The summed E-state index contributed by atoms with van der Waals surface area (Å²) in [5.41, 5.74) is -0.563. The van der Waals surface area contributed by atoms with Gasteiger partial charge in [0.25, 0.3) is 0 Å². The van der Waals surface area contributed by atoms with Crippen LogP contribution in [-0.4, -0.2) is 36.6 Å². The smallest absolute Gasteiger partial charge is 0.247 e. The van der Waals surface area contributed by atoms with E-state index in [4.69, 9.17) is 11.6 Å². The maximum Gasteiger partial charge on any atom is 0.247 e. The van der Waals surface area contributed by atoms with E-state index in [-0.39, 0.29) is 9.92 Å². The Hall–Kier alpha value is -1.44. The molecule has 0 aliphatic carbocycles. The number of benzene rings is 1. The van der Waals surface area contributed by atoms with Crippen LogP contribution in [0.4, 0.5) is 0 Å². The Morgan fingerprint density at radius 2 is 1.90 bits per heavy atom. The molecule has 1 aromatic rings. The van der Waals surface area contributed by atoms with Gasteiger partial charge >= 0.3 is 0 Å². The molecule has 6 nitrogen and oxygen atoms in total. The normalized spacial score (nSPS) is 19.4. The first-order chi connectivity index (χ1) is 9.56. The zero-order valence-electron chi connectivity index (χ0n) is 11.8. The highest BCUT2D eigenvalue weighted by molar-refractivity contribution is 7.89. The van der Waals surface area contributed by atoms with Gasteiger partial charge in [0.05, 0.1) is 11.6 Å². The number of rotatable bonds is 2. The molecule has 0 spiro atoms. The molecule has 1 heterocycles. The van der Waals surface area contributed by atoms with Gasteiger partial charge in [0.1, 0.15) is 10.4 Å². The van der Waals surface area contributed by atoms with Gasteiger partial charge in [0.15, 0.2) is 0 Å². The zero-order chi connectivity index (χ0) is 16.0. The van der Waals surface area contributed by atoms with Crippen molar-refractivity contribution in [2.75, 3.05) is 6.54 Å². The van der Waals surface area contributed by atoms with Crippen molar-refractivity contribution in [1.29, 1.82) is 0 Å². The van der Waals surface area contributed by atoms with Crippen LogP contribution < -0.4 is 5.32 Å². The largest absolute Gasteiger partial charge is 0.294 e. The summed E-state index contributed by atoms with van der Waals surface area (Å²) in [4.78, 5) is 23.3. The van der Waals surface area contributed by atoms with E-state index in [9.17, 15) is 18.0 Å². The molecule has 0 radical (unpaired) electrons. The number of aryl methyl sites for hydroxylation is 1. The Labute approximate surface area is 128 Å². The fraction of sp³-hybridized carbons (Fsp3) is 0.385. The number of hydrogen-bond donors (Lipinski definition) is 1. The molecular weight excluding hydrogens is 316 g/mol. The van der Waals surface area contributed by atoms with Crippen molar-refractivity contribution in [1.82, 2.24) is 9.62 Å². The third-order valence-electron chi connectivity index (χ3n) is 3.37. The molecule has 1 aliphatic heterocycles. The lowest BCUT2D eigenvalue weighted by Crippen LogP contribution is -2.65. The number of imide groups is 1. The second kappa shape index (κ2) is 5.08. The Balaban J connectivity index is 2.56. The zero-order valence-corrected chi connectivity index (χ0v) is 13.4. The molecule has 2 amide bonds. The first-order valence-electron chi connectivity index (χ1n) is 6.20. The highest BCUT2D eigenvalue weighted by Gasteiger charge is 2.48. The molecule has 1 N–H and O–H groups in total. The van der Waals surface area contributed by atoms with E-state index in [1.165, 1.54) is 26.0 Å². The van der Waals surface area contributed by atoms with Crippen molar-refractivity contribution in [2.24, 2.45) is 0 Å². The molecule has 2 rings (SSSR count). The van der Waals surface area contributed by atoms with E-state index >= 15 is 0 Å². The second-order valence-corrected chi connectivity index (χ2v) is 7.62. The predicted molar refractivity (Wildman–Crippen MR) is 77.3 cm³/mol. The second-order valence-electron chi connectivity index (χ2n) is 5.38. The number of nitrogens with zero attached hydrogens (tertiary/aromatic N) is 1. The van der Waals surface area contributed by atoms with Crippen LogP contribution in [0, 0.1) is 6.92 Å². The fourth-order valence-corrected chi connectivity index (χ4v) is 4.36. The number of carbonyl (C=O) groups excluding carboxylic acids is 2. The van der Waals surface area contributed by atoms with Crippen molar-refractivity contribution in [3.05, 3.63) is 28.8 Å². The van der Waals surface area contributed by atoms with E-state index < -0.39 is 33.9 Å². The van der Waals surface area contributed by atoms with Crippen molar-refractivity contribution in [3.63, 3.8) is 0 Å². The molecule has 0 atom stereocenters. The molecule has 1 fully saturated rings. The lowest BCUT2D eigenvalue weighted by Gasteiger charge is -2.38. The van der Waals surface area contributed by atoms with Crippen LogP contribution in [-0.2, 0) is 19.6 Å². The maximum absolute atomic E-state index is 12.7. The van der Waals surface area contributed by atoms with Gasteiger partial charge in [-0.1, -0.05) is 17.7 Å². The van der Waals surface area contributed by atoms with Gasteiger partial charge in [-0.15, -0.1) is 0 Å². The third-order valence-corrected chi connectivity index (χ3v) is 5.88. The number of piperazine rings is 1. The molecule has 21 heavy (non-hydrogen) atoms. The van der Waals surface area contributed by atoms with Crippen LogP contribution in [0.2, 0.25) is 5.02 Å². The number of nitrogens with one attached hydrogen (secondary N) is 1. The van der Waals surface area contributed by atoms with Gasteiger partial charge in [-0.05, 0) is 38.5 Å². The molecule has 0 saturated carbocycles. The summed E-state index contributed by atoms with van der Waals surface area (Å²) in [6, 6.07) is 4.50. The van der Waals surface area contributed by atoms with Crippen LogP contribution in [0.3, 0.4) is 0 Å². The average Bonchev–Trinajstić information content (AvgIpc) is 2.33. The lowest BCUT2D eigenvalue weighted by molar-refractivity contribution is -0.141. The maximum atomic E-state index is 12.7. The van der Waals surface area contributed by atoms with Crippen molar-refractivity contribution >= 4 is 33.4 Å². The molecule has 114 valence electrons. The van der Waals surface area contributed by atoms with Gasteiger partial charge in [-0.3, -0.25) is 14.9 Å². The molecule has 1 aromatic carbocycles. The van der Waals surface area contributed by atoms with E-state index in [0.717, 1.165) is 9.87 Å². The monoisotopic (exact) mass is 330 g/mol. The summed E-state index contributed by atoms with van der Waals surface area (Å²) in [5.74, 6) is -1.32. The van der Waals surface area contributed by atoms with Gasteiger partial charge in [0, 0.05) is 0 Å². The minimum atomic E-state index is -4.06. The van der Waals surface area contributed by atoms with Crippen molar-refractivity contribution < 1.29 is 18.0 Å². The average molecular weight is 331 g/mol. The van der Waals surface area contributed by atoms with Gasteiger partial charge in [0.2, 0.25) is 21.8 Å². The molecule has 0 aromatic heterocycles. The summed E-state index contributed by atoms with van der Waals surface area (Å²) in [7, 11) is -4.06. The van der Waals surface area contributed by atoms with Gasteiger partial charge in [-0.2, -0.15) is 4.31 Å². The predicted octanol–water partition coefficient (Wildman–Crippen LogP) is 1.07. The number of amides is 2. The van der Waals surface area contributed by atoms with Gasteiger partial charge in [-0.25, -0.2) is 8.42 Å². The Morgan fingerprint density at radius 1 is 1.29 bits per heavy atom. The van der Waals surface area contributed by atoms with Crippen LogP contribution in [0.5, 0.6) is 0 Å². The van der Waals surface area contributed by atoms with Crippen LogP contribution in [0.15, 0.2) is 23.1 Å². The topological polar surface area (TPSA) is 83.6 Å². The number of hydrogen-bond acceptors (Lipinski definition) is 4. The highest BCUT2D eigenvalue weighted by Crippen LogP contribution is 2.31. The van der Waals surface area contributed by atoms with Crippen LogP contribution >= 0.6 is 11.6 Å². The van der Waals surface area contributed by atoms with Crippen LogP contribution in [0.1, 0.15) is 19.4 Å². The standard InChI is InChI=1S/C13H15ClN2O4S/c1-8-4-5-10(9(14)6-8)21(19,20)16-7-11(17)15-12(18)13(16,2)3/h4-6H,7H2,1-3H3,(H,15,17,18). The quantitative estimate of drug-likeness (QED) is 0.822. The van der Waals surface area contributed by atoms with E-state index in [1.807, 2.05) is 0 Å². The first-order valence-corrected chi connectivity index (χ1v) is 8.02. The summed E-state index contributed by atoms with van der Waals surface area (Å²) in [6.07, 6.45) is 0. The molecule has 1 saturated heterocycles. The number of halogens is 1. The Bertz CT molecular complexity index is 728. The summed E-state index contributed by atoms with van der Waals surface area (Å²) in [5, 5.41) is 2.19. The summed E-state index contributed by atoms with van der Waals surface area (Å²) < 4.78 is 26.3. The van der Waals surface area contributed by atoms with Crippen LogP contribution in [0.25, 0.3) is 0 Å². The lowest BCUT2D eigenvalue weighted by atomic mass is 10.0. The van der Waals surface area contributed by atoms with E-state index in [2.05, 4.69) is 5.32 Å². The molecule has 0 bridgehead atoms. The molecular formula is C13H15ClN2O4S. The molecule has 0 unspecified atom stereocenters. The van der Waals surface area contributed by atoms with Crippen molar-refractivity contribution in [2.45, 2.75) is 31.2 Å². The van der Waals surface area contributed by atoms with Crippen molar-refractivity contribution in [3.8, 4) is 0 Å². The third kappa shape index (κ3) is 2.68. The fourth-order valence-electron chi connectivity index (χ4n) is 2.08. The van der Waals surface area contributed by atoms with Gasteiger partial charge < -0.3 is 0 Å². The van der Waals surface area contributed by atoms with E-state index in [1.54, 1.807) is 13.0 Å². The Kier molecular flexibility index (Phi) is 3.86. The molecule has 1 aliphatic rings.